The molecule has 1 aromatic rings. The molecule has 0 unspecified atom stereocenters. The van der Waals surface area contributed by atoms with Crippen LogP contribution >= 0.6 is 0 Å². The predicted octanol–water partition coefficient (Wildman–Crippen LogP) is 3.14. The fourth-order valence-corrected chi connectivity index (χ4v) is 2.42. The summed E-state index contributed by atoms with van der Waals surface area (Å²) in [4.78, 5) is 4.24. The number of hydrogen-bond acceptors (Lipinski definition) is 4. The van der Waals surface area contributed by atoms with Gasteiger partial charge in [0.25, 0.3) is 0 Å². The maximum Gasteiger partial charge on any atom is 0.237 e. The Hall–Kier alpha value is -1.19. The minimum atomic E-state index is 0.0641. The van der Waals surface area contributed by atoms with E-state index in [9.17, 15) is 5.11 Å². The molecule has 17 heavy (non-hydrogen) atoms. The molecule has 0 saturated heterocycles. The van der Waals surface area contributed by atoms with Crippen LogP contribution in [0.3, 0.4) is 0 Å². The van der Waals surface area contributed by atoms with Crippen molar-refractivity contribution in [1.29, 1.82) is 0 Å². The van der Waals surface area contributed by atoms with Crippen LogP contribution in [0.25, 0.3) is 0 Å². The summed E-state index contributed by atoms with van der Waals surface area (Å²) >= 11 is 0. The lowest BCUT2D eigenvalue weighted by Gasteiger charge is -2.13. The summed E-state index contributed by atoms with van der Waals surface area (Å²) in [5, 5.41) is 18.2. The molecule has 0 bridgehead atoms. The van der Waals surface area contributed by atoms with Crippen molar-refractivity contribution in [3.63, 3.8) is 0 Å². The van der Waals surface area contributed by atoms with Gasteiger partial charge in [-0.3, -0.25) is 0 Å². The molecule has 4 heteroatoms. The summed E-state index contributed by atoms with van der Waals surface area (Å²) in [5.41, 5.74) is 0.599. The molecule has 0 spiro atoms. The van der Waals surface area contributed by atoms with Gasteiger partial charge in [0, 0.05) is 11.8 Å². The summed E-state index contributed by atoms with van der Waals surface area (Å²) in [6, 6.07) is 0. The lowest BCUT2D eigenvalue weighted by molar-refractivity contribution is 0.420. The number of nitrogens with zero attached hydrogens (tertiary/aromatic N) is 3. The van der Waals surface area contributed by atoms with E-state index in [1.165, 1.54) is 25.7 Å². The molecule has 0 aliphatic heterocycles. The molecule has 1 heterocycles. The van der Waals surface area contributed by atoms with Crippen LogP contribution in [0.15, 0.2) is 0 Å². The van der Waals surface area contributed by atoms with Crippen molar-refractivity contribution < 1.29 is 5.11 Å². The van der Waals surface area contributed by atoms with Crippen LogP contribution in [0.4, 0.5) is 0 Å². The summed E-state index contributed by atoms with van der Waals surface area (Å²) in [6.07, 6.45) is 7.34. The highest BCUT2D eigenvalue weighted by Crippen LogP contribution is 2.30. The minimum Gasteiger partial charge on any atom is -0.492 e. The Morgan fingerprint density at radius 3 is 2.24 bits per heavy atom. The second-order valence-corrected chi connectivity index (χ2v) is 5.22. The summed E-state index contributed by atoms with van der Waals surface area (Å²) in [6.45, 7) is 3.97. The lowest BCUT2D eigenvalue weighted by atomic mass is 10.00. The molecular formula is C13H21N3O. The first-order valence-electron chi connectivity index (χ1n) is 6.62. The Kier molecular flexibility index (Phi) is 3.92. The highest BCUT2D eigenvalue weighted by atomic mass is 16.3. The lowest BCUT2D eigenvalue weighted by Crippen LogP contribution is -2.08. The highest BCUT2D eigenvalue weighted by molar-refractivity contribution is 5.19. The molecule has 4 nitrogen and oxygen atoms in total. The summed E-state index contributed by atoms with van der Waals surface area (Å²) < 4.78 is 0. The van der Waals surface area contributed by atoms with Gasteiger partial charge < -0.3 is 5.11 Å². The van der Waals surface area contributed by atoms with Gasteiger partial charge in [-0.15, -0.1) is 10.2 Å². The molecule has 1 fully saturated rings. The van der Waals surface area contributed by atoms with Crippen molar-refractivity contribution >= 4 is 0 Å². The van der Waals surface area contributed by atoms with E-state index < -0.39 is 0 Å². The molecule has 0 atom stereocenters. The van der Waals surface area contributed by atoms with Crippen molar-refractivity contribution in [2.24, 2.45) is 0 Å². The van der Waals surface area contributed by atoms with E-state index in [0.29, 0.717) is 11.6 Å². The zero-order valence-electron chi connectivity index (χ0n) is 10.7. The average Bonchev–Trinajstić information content (AvgIpc) is 2.56. The molecule has 1 saturated carbocycles. The second-order valence-electron chi connectivity index (χ2n) is 5.22. The fraction of sp³-hybridized carbons (Fsp3) is 0.769. The van der Waals surface area contributed by atoms with Gasteiger partial charge in [-0.25, -0.2) is 0 Å². The Labute approximate surface area is 102 Å². The topological polar surface area (TPSA) is 58.9 Å². The number of hydrogen-bond donors (Lipinski definition) is 1. The third-order valence-electron chi connectivity index (χ3n) is 3.48. The maximum absolute atomic E-state index is 9.85. The predicted molar refractivity (Wildman–Crippen MR) is 66.0 cm³/mol. The van der Waals surface area contributed by atoms with Gasteiger partial charge in [0.15, 0.2) is 5.82 Å². The van der Waals surface area contributed by atoms with Crippen molar-refractivity contribution in [3.8, 4) is 5.88 Å². The molecule has 1 aliphatic rings. The summed E-state index contributed by atoms with van der Waals surface area (Å²) in [5.74, 6) is 1.35. The third kappa shape index (κ3) is 2.93. The molecular weight excluding hydrogens is 214 g/mol. The SMILES string of the molecule is CC(C)c1nnc(C2CCCCCC2)nc1O. The minimum absolute atomic E-state index is 0.0641. The average molecular weight is 235 g/mol. The van der Waals surface area contributed by atoms with Gasteiger partial charge in [-0.2, -0.15) is 4.98 Å². The van der Waals surface area contributed by atoms with Gasteiger partial charge in [0.1, 0.15) is 5.69 Å². The first-order valence-corrected chi connectivity index (χ1v) is 6.62. The first kappa shape index (κ1) is 12.3. The van der Waals surface area contributed by atoms with Crippen LogP contribution in [-0.4, -0.2) is 20.3 Å². The standard InChI is InChI=1S/C13H21N3O/c1-9(2)11-13(17)14-12(16-15-11)10-7-5-3-4-6-8-10/h9-10H,3-8H2,1-2H3,(H,14,16,17). The van der Waals surface area contributed by atoms with Crippen LogP contribution < -0.4 is 0 Å². The monoisotopic (exact) mass is 235 g/mol. The van der Waals surface area contributed by atoms with Crippen molar-refractivity contribution in [3.05, 3.63) is 11.5 Å². The molecule has 94 valence electrons. The Morgan fingerprint density at radius 2 is 1.71 bits per heavy atom. The number of aromatic hydroxyl groups is 1. The zero-order chi connectivity index (χ0) is 12.3. The van der Waals surface area contributed by atoms with Gasteiger partial charge in [-0.1, -0.05) is 39.5 Å². The van der Waals surface area contributed by atoms with E-state index in [2.05, 4.69) is 15.2 Å². The van der Waals surface area contributed by atoms with Crippen LogP contribution in [0.2, 0.25) is 0 Å². The molecule has 0 radical (unpaired) electrons. The maximum atomic E-state index is 9.85. The van der Waals surface area contributed by atoms with Crippen LogP contribution in [0.1, 0.15) is 75.7 Å². The van der Waals surface area contributed by atoms with Gasteiger partial charge in [-0.05, 0) is 12.8 Å². The number of aromatic nitrogens is 3. The van der Waals surface area contributed by atoms with Crippen LogP contribution in [0, 0.1) is 0 Å². The summed E-state index contributed by atoms with van der Waals surface area (Å²) in [7, 11) is 0. The Morgan fingerprint density at radius 1 is 1.06 bits per heavy atom. The van der Waals surface area contributed by atoms with Gasteiger partial charge in [0.2, 0.25) is 5.88 Å². The van der Waals surface area contributed by atoms with Crippen molar-refractivity contribution in [2.75, 3.05) is 0 Å². The van der Waals surface area contributed by atoms with Crippen molar-refractivity contribution in [1.82, 2.24) is 15.2 Å². The van der Waals surface area contributed by atoms with E-state index in [4.69, 9.17) is 0 Å². The van der Waals surface area contributed by atoms with Gasteiger partial charge in [0.05, 0.1) is 0 Å². The van der Waals surface area contributed by atoms with Crippen LogP contribution in [-0.2, 0) is 0 Å². The fourth-order valence-electron chi connectivity index (χ4n) is 2.42. The normalized spacial score (nSPS) is 18.3. The van der Waals surface area contributed by atoms with Gasteiger partial charge >= 0.3 is 0 Å². The Bertz CT molecular complexity index is 371. The largest absolute Gasteiger partial charge is 0.492 e. The van der Waals surface area contributed by atoms with Crippen molar-refractivity contribution in [2.45, 2.75) is 64.2 Å². The van der Waals surface area contributed by atoms with E-state index in [0.717, 1.165) is 18.7 Å². The smallest absolute Gasteiger partial charge is 0.237 e. The molecule has 1 aromatic heterocycles. The van der Waals surface area contributed by atoms with E-state index >= 15 is 0 Å². The van der Waals surface area contributed by atoms with E-state index in [1.807, 2.05) is 13.8 Å². The second kappa shape index (κ2) is 5.43. The van der Waals surface area contributed by atoms with Crippen LogP contribution in [0.5, 0.6) is 5.88 Å². The third-order valence-corrected chi connectivity index (χ3v) is 3.48. The quantitative estimate of drug-likeness (QED) is 0.800. The number of rotatable bonds is 2. The molecule has 0 amide bonds. The molecule has 0 aromatic carbocycles. The Balaban J connectivity index is 2.18. The zero-order valence-corrected chi connectivity index (χ0v) is 10.7. The molecule has 1 aliphatic carbocycles. The molecule has 1 N–H and O–H groups in total. The van der Waals surface area contributed by atoms with E-state index in [-0.39, 0.29) is 11.8 Å². The van der Waals surface area contributed by atoms with E-state index in [1.54, 1.807) is 0 Å². The highest BCUT2D eigenvalue weighted by Gasteiger charge is 2.20. The molecule has 2 rings (SSSR count). The first-order chi connectivity index (χ1) is 8.18.